The fraction of sp³-hybridized carbons (Fsp3) is 0.467. The summed E-state index contributed by atoms with van der Waals surface area (Å²) in [5.74, 6) is -0.528. The molecule has 2 saturated heterocycles. The van der Waals surface area contributed by atoms with Crippen LogP contribution in [0.4, 0.5) is 4.79 Å². The molecule has 0 aliphatic carbocycles. The van der Waals surface area contributed by atoms with Crippen LogP contribution in [0.15, 0.2) is 24.3 Å². The van der Waals surface area contributed by atoms with Crippen LogP contribution in [0.2, 0.25) is 5.02 Å². The van der Waals surface area contributed by atoms with Crippen molar-refractivity contribution in [3.8, 4) is 0 Å². The highest BCUT2D eigenvalue weighted by molar-refractivity contribution is 7.88. The van der Waals surface area contributed by atoms with E-state index in [1.165, 1.54) is 4.31 Å². The largest absolute Gasteiger partial charge is 0.439 e. The number of carbonyl (C=O) groups is 2. The van der Waals surface area contributed by atoms with Gasteiger partial charge in [-0.05, 0) is 24.5 Å². The number of rotatable bonds is 4. The summed E-state index contributed by atoms with van der Waals surface area (Å²) >= 11 is 6.03. The number of cyclic esters (lactones) is 1. The molecule has 0 aromatic heterocycles. The minimum Gasteiger partial charge on any atom is -0.439 e. The number of piperidine rings is 1. The van der Waals surface area contributed by atoms with Crippen LogP contribution < -0.4 is 0 Å². The molecule has 0 N–H and O–H groups in total. The van der Waals surface area contributed by atoms with Gasteiger partial charge < -0.3 is 4.74 Å². The van der Waals surface area contributed by atoms with Crippen LogP contribution in [-0.2, 0) is 25.3 Å². The second-order valence-electron chi connectivity index (χ2n) is 5.80. The average Bonchev–Trinajstić information content (AvgIpc) is 2.88. The first kappa shape index (κ1) is 17.2. The number of ether oxygens (including phenoxy) is 1. The number of hydrogen-bond acceptors (Lipinski definition) is 5. The van der Waals surface area contributed by atoms with Gasteiger partial charge in [0.2, 0.25) is 10.0 Å². The van der Waals surface area contributed by atoms with Crippen LogP contribution in [0.1, 0.15) is 18.4 Å². The molecular formula is C15H17ClN2O5S. The molecule has 9 heteroatoms. The Balaban J connectivity index is 1.64. The number of halogens is 1. The molecule has 24 heavy (non-hydrogen) atoms. The van der Waals surface area contributed by atoms with E-state index in [0.717, 1.165) is 4.90 Å². The van der Waals surface area contributed by atoms with E-state index in [1.807, 2.05) is 0 Å². The number of benzene rings is 1. The van der Waals surface area contributed by atoms with Crippen molar-refractivity contribution >= 4 is 33.6 Å². The van der Waals surface area contributed by atoms with Gasteiger partial charge in [-0.15, -0.1) is 0 Å². The molecule has 2 aliphatic rings. The molecule has 0 spiro atoms. The van der Waals surface area contributed by atoms with Crippen LogP contribution in [0, 0.1) is 0 Å². The van der Waals surface area contributed by atoms with Crippen molar-refractivity contribution in [2.45, 2.75) is 24.6 Å². The first-order valence-corrected chi connectivity index (χ1v) is 9.57. The average molecular weight is 373 g/mol. The maximum absolute atomic E-state index is 12.6. The van der Waals surface area contributed by atoms with Crippen molar-refractivity contribution in [3.63, 3.8) is 0 Å². The summed E-state index contributed by atoms with van der Waals surface area (Å²) in [5, 5.41) is 0.418. The highest BCUT2D eigenvalue weighted by atomic mass is 35.5. The number of hydrogen-bond donors (Lipinski definition) is 0. The van der Waals surface area contributed by atoms with Crippen molar-refractivity contribution in [1.82, 2.24) is 9.21 Å². The molecule has 2 aliphatic heterocycles. The molecule has 7 nitrogen and oxygen atoms in total. The number of nitrogens with zero attached hydrogens (tertiary/aromatic N) is 2. The summed E-state index contributed by atoms with van der Waals surface area (Å²) in [7, 11) is -3.50. The first-order valence-electron chi connectivity index (χ1n) is 7.58. The zero-order chi connectivity index (χ0) is 17.3. The lowest BCUT2D eigenvalue weighted by Gasteiger charge is -2.34. The Hall–Kier alpha value is -1.64. The van der Waals surface area contributed by atoms with Gasteiger partial charge in [-0.2, -0.15) is 0 Å². The quantitative estimate of drug-likeness (QED) is 0.801. The minimum absolute atomic E-state index is 0.165. The summed E-state index contributed by atoms with van der Waals surface area (Å²) in [5.41, 5.74) is 0.555. The van der Waals surface area contributed by atoms with E-state index in [4.69, 9.17) is 16.3 Å². The molecule has 3 rings (SSSR count). The smallest absolute Gasteiger partial charge is 0.417 e. The molecule has 0 atom stereocenters. The molecule has 0 saturated carbocycles. The lowest BCUT2D eigenvalue weighted by Crippen LogP contribution is -2.48. The maximum Gasteiger partial charge on any atom is 0.417 e. The molecule has 0 bridgehead atoms. The van der Waals surface area contributed by atoms with Gasteiger partial charge in [-0.3, -0.25) is 4.79 Å². The maximum atomic E-state index is 12.6. The number of imide groups is 1. The molecule has 130 valence electrons. The van der Waals surface area contributed by atoms with Gasteiger partial charge in [0, 0.05) is 24.2 Å². The summed E-state index contributed by atoms with van der Waals surface area (Å²) < 4.78 is 31.2. The van der Waals surface area contributed by atoms with Crippen molar-refractivity contribution in [2.75, 3.05) is 19.7 Å². The van der Waals surface area contributed by atoms with Gasteiger partial charge in [0.05, 0.1) is 5.75 Å². The Morgan fingerprint density at radius 2 is 1.83 bits per heavy atom. The molecule has 1 aromatic rings. The second-order valence-corrected chi connectivity index (χ2v) is 8.17. The Labute approximate surface area is 145 Å². The van der Waals surface area contributed by atoms with Crippen LogP contribution in [-0.4, -0.2) is 55.4 Å². The number of amides is 2. The second kappa shape index (κ2) is 6.70. The van der Waals surface area contributed by atoms with Crippen LogP contribution >= 0.6 is 11.6 Å². The lowest BCUT2D eigenvalue weighted by molar-refractivity contribution is -0.127. The standard InChI is InChI=1S/C15H17ClN2O5S/c16-13-4-2-1-3-11(13)10-24(21,22)17-7-5-12(6-8-17)18-14(19)9-23-15(18)20/h1-4,12H,5-10H2. The van der Waals surface area contributed by atoms with E-state index in [9.17, 15) is 18.0 Å². The van der Waals surface area contributed by atoms with Gasteiger partial charge in [-0.1, -0.05) is 29.8 Å². The van der Waals surface area contributed by atoms with Gasteiger partial charge in [0.15, 0.2) is 6.61 Å². The van der Waals surface area contributed by atoms with Crippen LogP contribution in [0.25, 0.3) is 0 Å². The third-order valence-corrected chi connectivity index (χ3v) is 6.46. The fourth-order valence-electron chi connectivity index (χ4n) is 3.00. The van der Waals surface area contributed by atoms with Gasteiger partial charge in [-0.25, -0.2) is 22.4 Å². The predicted molar refractivity (Wildman–Crippen MR) is 86.9 cm³/mol. The zero-order valence-electron chi connectivity index (χ0n) is 12.9. The van der Waals surface area contributed by atoms with Crippen LogP contribution in [0.3, 0.4) is 0 Å². The molecule has 2 amide bonds. The van der Waals surface area contributed by atoms with Crippen molar-refractivity contribution in [2.24, 2.45) is 0 Å². The van der Waals surface area contributed by atoms with E-state index < -0.39 is 16.1 Å². The third kappa shape index (κ3) is 3.40. The highest BCUT2D eigenvalue weighted by Gasteiger charge is 2.40. The van der Waals surface area contributed by atoms with Crippen molar-refractivity contribution < 1.29 is 22.7 Å². The van der Waals surface area contributed by atoms with Crippen molar-refractivity contribution in [1.29, 1.82) is 0 Å². The Kier molecular flexibility index (Phi) is 4.80. The van der Waals surface area contributed by atoms with Crippen LogP contribution in [0.5, 0.6) is 0 Å². The zero-order valence-corrected chi connectivity index (χ0v) is 14.4. The molecule has 2 fully saturated rings. The molecule has 1 aromatic carbocycles. The number of sulfonamides is 1. The first-order chi connectivity index (χ1) is 11.4. The molecular weight excluding hydrogens is 356 g/mol. The minimum atomic E-state index is -3.50. The molecule has 0 radical (unpaired) electrons. The highest BCUT2D eigenvalue weighted by Crippen LogP contribution is 2.25. The molecule has 2 heterocycles. The van der Waals surface area contributed by atoms with Gasteiger partial charge in [0.25, 0.3) is 5.91 Å². The Bertz CT molecular complexity index is 743. The summed E-state index contributed by atoms with van der Waals surface area (Å²) in [6.45, 7) is 0.285. The SMILES string of the molecule is O=C1COC(=O)N1C1CCN(S(=O)(=O)Cc2ccccc2Cl)CC1. The predicted octanol–water partition coefficient (Wildman–Crippen LogP) is 1.61. The van der Waals surface area contributed by atoms with Gasteiger partial charge >= 0.3 is 6.09 Å². The topological polar surface area (TPSA) is 84.0 Å². The molecule has 0 unspecified atom stereocenters. The Morgan fingerprint density at radius 3 is 2.42 bits per heavy atom. The fourth-order valence-corrected chi connectivity index (χ4v) is 4.88. The van der Waals surface area contributed by atoms with E-state index in [-0.39, 0.29) is 37.4 Å². The number of carbonyl (C=O) groups excluding carboxylic acids is 2. The summed E-state index contributed by atoms with van der Waals surface area (Å²) in [4.78, 5) is 24.4. The lowest BCUT2D eigenvalue weighted by atomic mass is 10.1. The van der Waals surface area contributed by atoms with E-state index in [0.29, 0.717) is 23.4 Å². The summed E-state index contributed by atoms with van der Waals surface area (Å²) in [6.07, 6.45) is 0.169. The van der Waals surface area contributed by atoms with Crippen molar-refractivity contribution in [3.05, 3.63) is 34.9 Å². The van der Waals surface area contributed by atoms with E-state index in [1.54, 1.807) is 24.3 Å². The van der Waals surface area contributed by atoms with E-state index >= 15 is 0 Å². The summed E-state index contributed by atoms with van der Waals surface area (Å²) in [6, 6.07) is 6.53. The van der Waals surface area contributed by atoms with E-state index in [2.05, 4.69) is 0 Å². The Morgan fingerprint density at radius 1 is 1.17 bits per heavy atom. The normalized spacial score (nSPS) is 20.5. The third-order valence-electron chi connectivity index (χ3n) is 4.26. The monoisotopic (exact) mass is 372 g/mol. The van der Waals surface area contributed by atoms with Gasteiger partial charge in [0.1, 0.15) is 0 Å².